The summed E-state index contributed by atoms with van der Waals surface area (Å²) in [6.45, 7) is 0. The maximum Gasteiger partial charge on any atom is 0.573 e. The summed E-state index contributed by atoms with van der Waals surface area (Å²) in [5.41, 5.74) is 1.70. The lowest BCUT2D eigenvalue weighted by Gasteiger charge is -2.12. The number of aromatic amines is 1. The van der Waals surface area contributed by atoms with Gasteiger partial charge in [-0.25, -0.2) is 5.10 Å². The van der Waals surface area contributed by atoms with Gasteiger partial charge in [0.15, 0.2) is 5.69 Å². The molecule has 0 spiro atoms. The molecule has 0 saturated carbocycles. The molecule has 3 aromatic rings. The molecule has 1 aromatic heterocycles. The largest absolute Gasteiger partial charge is 0.573 e. The Labute approximate surface area is 134 Å². The first-order chi connectivity index (χ1) is 11.5. The molecule has 24 heavy (non-hydrogen) atoms. The van der Waals surface area contributed by atoms with Gasteiger partial charge >= 0.3 is 6.36 Å². The van der Waals surface area contributed by atoms with Gasteiger partial charge < -0.3 is 4.74 Å². The highest BCUT2D eigenvalue weighted by Crippen LogP contribution is 2.33. The van der Waals surface area contributed by atoms with E-state index in [-0.39, 0.29) is 11.4 Å². The van der Waals surface area contributed by atoms with Crippen LogP contribution in [-0.4, -0.2) is 21.8 Å². The molecule has 0 amide bonds. The summed E-state index contributed by atoms with van der Waals surface area (Å²) in [6.07, 6.45) is -4.82. The second-order valence-electron chi connectivity index (χ2n) is 4.81. The zero-order valence-corrected chi connectivity index (χ0v) is 12.0. The molecule has 0 aliphatic heterocycles. The summed E-state index contributed by atoms with van der Waals surface area (Å²) in [6, 6.07) is 14.8. The molecule has 2 aromatic carbocycles. The fourth-order valence-electron chi connectivity index (χ4n) is 2.23. The maximum absolute atomic E-state index is 12.6. The Morgan fingerprint density at radius 1 is 1.00 bits per heavy atom. The summed E-state index contributed by atoms with van der Waals surface area (Å²) in [7, 11) is 0. The van der Waals surface area contributed by atoms with Crippen LogP contribution in [0.3, 0.4) is 0 Å². The zero-order valence-electron chi connectivity index (χ0n) is 12.0. The van der Waals surface area contributed by atoms with E-state index in [9.17, 15) is 13.2 Å². The van der Waals surface area contributed by atoms with E-state index in [4.69, 9.17) is 5.26 Å². The Morgan fingerprint density at radius 3 is 2.38 bits per heavy atom. The third-order valence-electron chi connectivity index (χ3n) is 3.18. The van der Waals surface area contributed by atoms with Crippen molar-refractivity contribution in [2.75, 3.05) is 0 Å². The normalized spacial score (nSPS) is 11.1. The van der Waals surface area contributed by atoms with E-state index in [0.717, 1.165) is 0 Å². The molecule has 0 unspecified atom stereocenters. The average Bonchev–Trinajstić information content (AvgIpc) is 3.02. The van der Waals surface area contributed by atoms with E-state index in [1.165, 1.54) is 12.1 Å². The van der Waals surface area contributed by atoms with Gasteiger partial charge in [0.2, 0.25) is 0 Å². The van der Waals surface area contributed by atoms with Gasteiger partial charge in [0.1, 0.15) is 17.5 Å². The van der Waals surface area contributed by atoms with E-state index < -0.39 is 12.1 Å². The van der Waals surface area contributed by atoms with Crippen LogP contribution in [0, 0.1) is 11.3 Å². The molecule has 1 heterocycles. The number of hydrogen-bond donors (Lipinski definition) is 1. The second-order valence-corrected chi connectivity index (χ2v) is 4.81. The number of benzene rings is 2. The number of ether oxygens (including phenoxy) is 1. The molecular formula is C16H9F3N4O. The first-order valence-electron chi connectivity index (χ1n) is 6.74. The predicted octanol–water partition coefficient (Wildman–Crippen LogP) is 3.91. The molecule has 0 bridgehead atoms. The van der Waals surface area contributed by atoms with Crippen LogP contribution in [0.4, 0.5) is 13.2 Å². The van der Waals surface area contributed by atoms with Crippen LogP contribution < -0.4 is 4.74 Å². The first-order valence-corrected chi connectivity index (χ1v) is 6.74. The topological polar surface area (TPSA) is 74.6 Å². The van der Waals surface area contributed by atoms with E-state index in [1.54, 1.807) is 36.4 Å². The van der Waals surface area contributed by atoms with Crippen molar-refractivity contribution in [1.82, 2.24) is 15.4 Å². The van der Waals surface area contributed by atoms with Gasteiger partial charge in [0.05, 0.1) is 0 Å². The lowest BCUT2D eigenvalue weighted by atomic mass is 10.0. The SMILES string of the molecule is N#Cc1[nH]nnc1-c1cc(OC(F)(F)F)cc(-c2ccccc2)c1. The van der Waals surface area contributed by atoms with Gasteiger partial charge in [0.25, 0.3) is 0 Å². The van der Waals surface area contributed by atoms with Crippen molar-refractivity contribution in [3.63, 3.8) is 0 Å². The Morgan fingerprint density at radius 2 is 1.71 bits per heavy atom. The number of halogens is 3. The summed E-state index contributed by atoms with van der Waals surface area (Å²) < 4.78 is 41.8. The van der Waals surface area contributed by atoms with E-state index in [1.807, 2.05) is 6.07 Å². The van der Waals surface area contributed by atoms with Gasteiger partial charge in [-0.15, -0.1) is 18.3 Å². The average molecular weight is 330 g/mol. The Hall–Kier alpha value is -3.34. The minimum Gasteiger partial charge on any atom is -0.406 e. The predicted molar refractivity (Wildman–Crippen MR) is 78.7 cm³/mol. The second kappa shape index (κ2) is 6.04. The molecule has 5 nitrogen and oxygen atoms in total. The molecule has 8 heteroatoms. The van der Waals surface area contributed by atoms with Crippen molar-refractivity contribution in [3.05, 3.63) is 54.2 Å². The smallest absolute Gasteiger partial charge is 0.406 e. The van der Waals surface area contributed by atoms with Crippen LogP contribution in [0.25, 0.3) is 22.4 Å². The molecule has 1 N–H and O–H groups in total. The van der Waals surface area contributed by atoms with Crippen LogP contribution in [0.2, 0.25) is 0 Å². The van der Waals surface area contributed by atoms with Crippen LogP contribution in [-0.2, 0) is 0 Å². The number of aromatic nitrogens is 3. The number of nitrogens with one attached hydrogen (secondary N) is 1. The van der Waals surface area contributed by atoms with E-state index >= 15 is 0 Å². The lowest BCUT2D eigenvalue weighted by Crippen LogP contribution is -2.17. The van der Waals surface area contributed by atoms with Crippen LogP contribution >= 0.6 is 0 Å². The molecule has 0 saturated heterocycles. The number of rotatable bonds is 3. The summed E-state index contributed by atoms with van der Waals surface area (Å²) in [5.74, 6) is -0.397. The highest BCUT2D eigenvalue weighted by Gasteiger charge is 2.31. The summed E-state index contributed by atoms with van der Waals surface area (Å²) >= 11 is 0. The number of alkyl halides is 3. The number of H-pyrrole nitrogens is 1. The van der Waals surface area contributed by atoms with Crippen molar-refractivity contribution >= 4 is 0 Å². The maximum atomic E-state index is 12.6. The highest BCUT2D eigenvalue weighted by atomic mass is 19.4. The Kier molecular flexibility index (Phi) is 3.92. The summed E-state index contributed by atoms with van der Waals surface area (Å²) in [5, 5.41) is 18.7. The number of nitriles is 1. The minimum atomic E-state index is -4.82. The molecule has 0 atom stereocenters. The van der Waals surface area contributed by atoms with Crippen molar-refractivity contribution in [3.8, 4) is 34.2 Å². The van der Waals surface area contributed by atoms with Crippen molar-refractivity contribution in [1.29, 1.82) is 5.26 Å². The standard InChI is InChI=1S/C16H9F3N4O/c17-16(18,19)24-13-7-11(10-4-2-1-3-5-10)6-12(8-13)15-14(9-20)21-23-22-15/h1-8H,(H,21,22,23). The van der Waals surface area contributed by atoms with Gasteiger partial charge in [-0.05, 0) is 29.3 Å². The molecule has 0 aliphatic carbocycles. The third-order valence-corrected chi connectivity index (χ3v) is 3.18. The van der Waals surface area contributed by atoms with Gasteiger partial charge in [-0.2, -0.15) is 5.26 Å². The van der Waals surface area contributed by atoms with Crippen molar-refractivity contribution in [2.24, 2.45) is 0 Å². The fraction of sp³-hybridized carbons (Fsp3) is 0.0625. The monoisotopic (exact) mass is 330 g/mol. The summed E-state index contributed by atoms with van der Waals surface area (Å²) in [4.78, 5) is 0. The quantitative estimate of drug-likeness (QED) is 0.790. The third kappa shape index (κ3) is 3.35. The molecule has 0 fully saturated rings. The van der Waals surface area contributed by atoms with Gasteiger partial charge in [-0.3, -0.25) is 0 Å². The zero-order chi connectivity index (χ0) is 17.2. The van der Waals surface area contributed by atoms with Crippen molar-refractivity contribution in [2.45, 2.75) is 6.36 Å². The highest BCUT2D eigenvalue weighted by molar-refractivity contribution is 5.75. The first kappa shape index (κ1) is 15.6. The van der Waals surface area contributed by atoms with Crippen LogP contribution in [0.5, 0.6) is 5.75 Å². The Bertz CT molecular complexity index is 898. The molecule has 0 radical (unpaired) electrons. The number of hydrogen-bond acceptors (Lipinski definition) is 4. The number of nitrogens with zero attached hydrogens (tertiary/aromatic N) is 3. The van der Waals surface area contributed by atoms with Crippen LogP contribution in [0.15, 0.2) is 48.5 Å². The minimum absolute atomic E-state index is 0.0539. The molecule has 3 rings (SSSR count). The molecule has 120 valence electrons. The van der Waals surface area contributed by atoms with Crippen molar-refractivity contribution < 1.29 is 17.9 Å². The van der Waals surface area contributed by atoms with E-state index in [0.29, 0.717) is 16.7 Å². The van der Waals surface area contributed by atoms with Crippen LogP contribution in [0.1, 0.15) is 5.69 Å². The lowest BCUT2D eigenvalue weighted by molar-refractivity contribution is -0.274. The molecular weight excluding hydrogens is 321 g/mol. The fourth-order valence-corrected chi connectivity index (χ4v) is 2.23. The van der Waals surface area contributed by atoms with E-state index in [2.05, 4.69) is 20.1 Å². The van der Waals surface area contributed by atoms with Gasteiger partial charge in [-0.1, -0.05) is 35.5 Å². The molecule has 0 aliphatic rings. The van der Waals surface area contributed by atoms with Gasteiger partial charge in [0, 0.05) is 5.56 Å². The Balaban J connectivity index is 2.15.